The van der Waals surface area contributed by atoms with E-state index in [1.54, 1.807) is 13.2 Å². The van der Waals surface area contributed by atoms with Crippen molar-refractivity contribution >= 4 is 38.6 Å². The molecule has 0 bridgehead atoms. The number of hydrogen-bond acceptors (Lipinski definition) is 5. The average molecular weight is 518 g/mol. The number of benzene rings is 3. The number of nitrogens with one attached hydrogen (secondary N) is 1. The third kappa shape index (κ3) is 5.24. The van der Waals surface area contributed by atoms with Crippen molar-refractivity contribution in [1.29, 1.82) is 5.26 Å². The fourth-order valence-electron chi connectivity index (χ4n) is 3.56. The molecule has 0 atom stereocenters. The molecule has 0 spiro atoms. The number of halogens is 1. The van der Waals surface area contributed by atoms with E-state index in [9.17, 15) is 5.26 Å². The molecule has 0 aliphatic heterocycles. The molecule has 0 saturated carbocycles. The minimum Gasteiger partial charge on any atom is -0.497 e. The number of H-pyrrole nitrogens is 1. The number of aryl methyl sites for hydroxylation is 1. The number of aromatic amines is 1. The zero-order chi connectivity index (χ0) is 24.1. The van der Waals surface area contributed by atoms with Crippen LogP contribution in [-0.4, -0.2) is 23.7 Å². The van der Waals surface area contributed by atoms with Crippen molar-refractivity contribution in [3.05, 3.63) is 81.6 Å². The van der Waals surface area contributed by atoms with Crippen LogP contribution in [0.4, 0.5) is 0 Å². The Morgan fingerprint density at radius 2 is 1.94 bits per heavy atom. The maximum atomic E-state index is 9.84. The van der Waals surface area contributed by atoms with Crippen molar-refractivity contribution < 1.29 is 14.2 Å². The van der Waals surface area contributed by atoms with E-state index in [1.165, 1.54) is 5.56 Å². The largest absolute Gasteiger partial charge is 0.497 e. The lowest BCUT2D eigenvalue weighted by Crippen LogP contribution is -2.01. The lowest BCUT2D eigenvalue weighted by atomic mass is 10.1. The quantitative estimate of drug-likeness (QED) is 0.263. The van der Waals surface area contributed by atoms with Crippen molar-refractivity contribution in [3.8, 4) is 23.3 Å². The molecule has 7 heteroatoms. The van der Waals surface area contributed by atoms with Crippen LogP contribution in [0.2, 0.25) is 0 Å². The SMILES string of the molecule is CCOc1cc(/C=C(/C#N)c2nc3ccc(OC)cc3[nH]2)c(Br)cc1OCc1cccc(C)c1. The standard InChI is InChI=1S/C27H24BrN3O3/c1-4-33-25-12-19(22(28)14-26(25)34-16-18-7-5-6-17(2)10-18)11-20(15-29)27-30-23-9-8-21(32-3)13-24(23)31-27/h5-14H,4,16H2,1-3H3,(H,30,31)/b20-11-. The Morgan fingerprint density at radius 1 is 1.12 bits per heavy atom. The Bertz CT molecular complexity index is 1400. The molecule has 0 unspecified atom stereocenters. The van der Waals surface area contributed by atoms with Crippen molar-refractivity contribution in [1.82, 2.24) is 9.97 Å². The molecule has 3 aromatic carbocycles. The van der Waals surface area contributed by atoms with Crippen LogP contribution >= 0.6 is 15.9 Å². The van der Waals surface area contributed by atoms with Crippen LogP contribution in [-0.2, 0) is 6.61 Å². The minimum absolute atomic E-state index is 0.395. The summed E-state index contributed by atoms with van der Waals surface area (Å²) < 4.78 is 18.0. The minimum atomic E-state index is 0.395. The van der Waals surface area contributed by atoms with E-state index in [1.807, 2.05) is 49.4 Å². The van der Waals surface area contributed by atoms with Crippen LogP contribution in [0.25, 0.3) is 22.7 Å². The molecule has 0 aliphatic rings. The summed E-state index contributed by atoms with van der Waals surface area (Å²) in [6.07, 6.45) is 1.77. The van der Waals surface area contributed by atoms with E-state index in [-0.39, 0.29) is 0 Å². The number of rotatable bonds is 8. The molecule has 34 heavy (non-hydrogen) atoms. The number of imidazole rings is 1. The summed E-state index contributed by atoms with van der Waals surface area (Å²) in [6, 6.07) is 19.7. The summed E-state index contributed by atoms with van der Waals surface area (Å²) in [5.74, 6) is 2.43. The second-order valence-electron chi connectivity index (χ2n) is 7.67. The first-order valence-electron chi connectivity index (χ1n) is 10.8. The molecular weight excluding hydrogens is 494 g/mol. The van der Waals surface area contributed by atoms with Gasteiger partial charge < -0.3 is 19.2 Å². The van der Waals surface area contributed by atoms with Gasteiger partial charge in [0.25, 0.3) is 0 Å². The number of ether oxygens (including phenoxy) is 3. The summed E-state index contributed by atoms with van der Waals surface area (Å²) in [5.41, 5.74) is 4.99. The first-order valence-corrected chi connectivity index (χ1v) is 11.6. The van der Waals surface area contributed by atoms with Crippen molar-refractivity contribution in [2.24, 2.45) is 0 Å². The van der Waals surface area contributed by atoms with Crippen LogP contribution < -0.4 is 14.2 Å². The molecule has 0 aliphatic carbocycles. The molecule has 0 amide bonds. The van der Waals surface area contributed by atoms with Crippen LogP contribution in [0.3, 0.4) is 0 Å². The highest BCUT2D eigenvalue weighted by Crippen LogP contribution is 2.36. The third-order valence-corrected chi connectivity index (χ3v) is 5.89. The molecule has 0 radical (unpaired) electrons. The predicted octanol–water partition coefficient (Wildman–Crippen LogP) is 6.68. The van der Waals surface area contributed by atoms with Gasteiger partial charge in [0.1, 0.15) is 24.3 Å². The average Bonchev–Trinajstić information content (AvgIpc) is 3.26. The fraction of sp³-hybridized carbons (Fsp3) is 0.185. The number of allylic oxidation sites excluding steroid dienone is 1. The number of methoxy groups -OCH3 is 1. The summed E-state index contributed by atoms with van der Waals surface area (Å²) in [7, 11) is 1.61. The second-order valence-corrected chi connectivity index (χ2v) is 8.52. The van der Waals surface area contributed by atoms with Crippen LogP contribution in [0, 0.1) is 18.3 Å². The number of nitriles is 1. The van der Waals surface area contributed by atoms with E-state index in [0.29, 0.717) is 36.1 Å². The van der Waals surface area contributed by atoms with Gasteiger partial charge in [-0.3, -0.25) is 0 Å². The molecule has 4 rings (SSSR count). The molecule has 0 saturated heterocycles. The molecule has 6 nitrogen and oxygen atoms in total. The Morgan fingerprint density at radius 3 is 2.68 bits per heavy atom. The second kappa shape index (κ2) is 10.4. The Labute approximate surface area is 206 Å². The zero-order valence-corrected chi connectivity index (χ0v) is 20.8. The molecule has 1 aromatic heterocycles. The Kier molecular flexibility index (Phi) is 7.19. The zero-order valence-electron chi connectivity index (χ0n) is 19.2. The Hall–Kier alpha value is -3.76. The Balaban J connectivity index is 1.66. The normalized spacial score (nSPS) is 11.3. The lowest BCUT2D eigenvalue weighted by molar-refractivity contribution is 0.269. The smallest absolute Gasteiger partial charge is 0.162 e. The molecule has 172 valence electrons. The summed E-state index contributed by atoms with van der Waals surface area (Å²) in [6.45, 7) is 4.89. The summed E-state index contributed by atoms with van der Waals surface area (Å²) in [4.78, 5) is 7.76. The van der Waals surface area contributed by atoms with Crippen molar-refractivity contribution in [2.75, 3.05) is 13.7 Å². The third-order valence-electron chi connectivity index (χ3n) is 5.20. The summed E-state index contributed by atoms with van der Waals surface area (Å²) >= 11 is 3.62. The van der Waals surface area contributed by atoms with Crippen LogP contribution in [0.15, 0.2) is 59.1 Å². The van der Waals surface area contributed by atoms with Crippen molar-refractivity contribution in [2.45, 2.75) is 20.5 Å². The molecule has 0 fully saturated rings. The van der Waals surface area contributed by atoms with Gasteiger partial charge in [-0.15, -0.1) is 0 Å². The molecule has 1 heterocycles. The molecular formula is C27H24BrN3O3. The maximum Gasteiger partial charge on any atom is 0.162 e. The number of nitrogens with zero attached hydrogens (tertiary/aromatic N) is 2. The van der Waals surface area contributed by atoms with E-state index in [4.69, 9.17) is 14.2 Å². The number of fused-ring (bicyclic) bond motifs is 1. The van der Waals surface area contributed by atoms with Crippen LogP contribution in [0.1, 0.15) is 29.4 Å². The fourth-order valence-corrected chi connectivity index (χ4v) is 3.99. The topological polar surface area (TPSA) is 80.2 Å². The van der Waals surface area contributed by atoms with E-state index in [2.05, 4.69) is 51.0 Å². The molecule has 4 aromatic rings. The predicted molar refractivity (Wildman–Crippen MR) is 137 cm³/mol. The van der Waals surface area contributed by atoms with Gasteiger partial charge in [-0.1, -0.05) is 45.8 Å². The van der Waals surface area contributed by atoms with E-state index in [0.717, 1.165) is 32.4 Å². The highest BCUT2D eigenvalue weighted by atomic mass is 79.9. The summed E-state index contributed by atoms with van der Waals surface area (Å²) in [5, 5.41) is 9.84. The highest BCUT2D eigenvalue weighted by Gasteiger charge is 2.14. The maximum absolute atomic E-state index is 9.84. The van der Waals surface area contributed by atoms with Gasteiger partial charge >= 0.3 is 0 Å². The lowest BCUT2D eigenvalue weighted by Gasteiger charge is -2.14. The van der Waals surface area contributed by atoms with E-state index >= 15 is 0 Å². The highest BCUT2D eigenvalue weighted by molar-refractivity contribution is 9.10. The van der Waals surface area contributed by atoms with Gasteiger partial charge in [-0.25, -0.2) is 4.98 Å². The number of hydrogen-bond donors (Lipinski definition) is 1. The van der Waals surface area contributed by atoms with Gasteiger partial charge in [0, 0.05) is 10.5 Å². The van der Waals surface area contributed by atoms with Gasteiger partial charge in [-0.2, -0.15) is 5.26 Å². The first-order chi connectivity index (χ1) is 16.5. The molecule has 1 N–H and O–H groups in total. The van der Waals surface area contributed by atoms with Gasteiger partial charge in [0.05, 0.1) is 30.3 Å². The van der Waals surface area contributed by atoms with Crippen LogP contribution in [0.5, 0.6) is 17.2 Å². The van der Waals surface area contributed by atoms with Gasteiger partial charge in [0.2, 0.25) is 0 Å². The van der Waals surface area contributed by atoms with Crippen molar-refractivity contribution in [3.63, 3.8) is 0 Å². The number of aromatic nitrogens is 2. The van der Waals surface area contributed by atoms with E-state index < -0.39 is 0 Å². The monoisotopic (exact) mass is 517 g/mol. The first kappa shape index (κ1) is 23.4. The van der Waals surface area contributed by atoms with Gasteiger partial charge in [0.15, 0.2) is 11.5 Å². The van der Waals surface area contributed by atoms with Gasteiger partial charge in [-0.05, 0) is 55.3 Å².